The second kappa shape index (κ2) is 6.25. The number of nitrogens with zero attached hydrogens (tertiary/aromatic N) is 1. The molecule has 0 spiro atoms. The minimum atomic E-state index is -2.27. The molecule has 0 bridgehead atoms. The van der Waals surface area contributed by atoms with Crippen LogP contribution in [0.5, 0.6) is 5.75 Å². The molecule has 0 aliphatic carbocycles. The Labute approximate surface area is 116 Å². The Balaban J connectivity index is 2.11. The van der Waals surface area contributed by atoms with Crippen molar-refractivity contribution in [1.82, 2.24) is 10.2 Å². The van der Waals surface area contributed by atoms with E-state index in [-0.39, 0.29) is 0 Å². The normalized spacial score (nSPS) is 15.2. The quantitative estimate of drug-likeness (QED) is 0.518. The van der Waals surface area contributed by atoms with Gasteiger partial charge in [0.15, 0.2) is 12.4 Å². The highest BCUT2D eigenvalue weighted by Crippen LogP contribution is 2.29. The second-order valence-electron chi connectivity index (χ2n) is 4.32. The van der Waals surface area contributed by atoms with E-state index in [1.807, 2.05) is 0 Å². The van der Waals surface area contributed by atoms with Crippen LogP contribution in [0.25, 0.3) is 0 Å². The zero-order chi connectivity index (χ0) is 15.6. The summed E-state index contributed by atoms with van der Waals surface area (Å²) < 4.78 is 69.8. The van der Waals surface area contributed by atoms with Crippen molar-refractivity contribution in [3.63, 3.8) is 0 Å². The minimum absolute atomic E-state index is 0.374. The molecule has 1 aromatic rings. The van der Waals surface area contributed by atoms with Gasteiger partial charge in [0, 0.05) is 26.2 Å². The summed E-state index contributed by atoms with van der Waals surface area (Å²) in [7, 11) is 0. The lowest BCUT2D eigenvalue weighted by molar-refractivity contribution is -0.134. The molecule has 2 rings (SSSR count). The van der Waals surface area contributed by atoms with Crippen LogP contribution in [0.15, 0.2) is 0 Å². The maximum absolute atomic E-state index is 13.3. The van der Waals surface area contributed by atoms with Gasteiger partial charge in [-0.1, -0.05) is 0 Å². The van der Waals surface area contributed by atoms with Gasteiger partial charge >= 0.3 is 0 Å². The molecule has 0 aromatic heterocycles. The van der Waals surface area contributed by atoms with Crippen molar-refractivity contribution in [2.24, 2.45) is 0 Å². The van der Waals surface area contributed by atoms with E-state index in [2.05, 4.69) is 10.1 Å². The minimum Gasteiger partial charge on any atom is -0.477 e. The number of carbonyl (C=O) groups excluding carboxylic acids is 1. The lowest BCUT2D eigenvalue weighted by atomic mass is 10.2. The predicted octanol–water partition coefficient (Wildman–Crippen LogP) is 1.19. The molecule has 1 N–H and O–H groups in total. The van der Waals surface area contributed by atoms with Crippen LogP contribution in [0.2, 0.25) is 0 Å². The first-order chi connectivity index (χ1) is 9.93. The number of amides is 1. The monoisotopic (exact) mass is 310 g/mol. The molecule has 1 aliphatic heterocycles. The van der Waals surface area contributed by atoms with Crippen LogP contribution in [0.3, 0.4) is 0 Å². The van der Waals surface area contributed by atoms with Crippen molar-refractivity contribution in [3.05, 3.63) is 29.1 Å². The molecular weight excluding hydrogens is 299 g/mol. The first kappa shape index (κ1) is 15.5. The summed E-state index contributed by atoms with van der Waals surface area (Å²) >= 11 is 0. The Bertz CT molecular complexity index is 532. The molecule has 1 heterocycles. The fraction of sp³-hybridized carbons (Fsp3) is 0.417. The van der Waals surface area contributed by atoms with Crippen molar-refractivity contribution in [2.75, 3.05) is 32.8 Å². The molecule has 0 unspecified atom stereocenters. The topological polar surface area (TPSA) is 41.6 Å². The number of carbonyl (C=O) groups is 1. The Morgan fingerprint density at radius 3 is 1.95 bits per heavy atom. The number of piperazine rings is 1. The average Bonchev–Trinajstić information content (AvgIpc) is 2.51. The number of hydrogen-bond donors (Lipinski definition) is 1. The SMILES string of the molecule is O=C(COc1c(F)c(F)c(F)c(F)c1F)N1CCNCC1. The van der Waals surface area contributed by atoms with Gasteiger partial charge in [0.05, 0.1) is 0 Å². The number of ether oxygens (including phenoxy) is 1. The van der Waals surface area contributed by atoms with E-state index in [1.54, 1.807) is 0 Å². The number of hydrogen-bond acceptors (Lipinski definition) is 3. The van der Waals surface area contributed by atoms with E-state index in [0.29, 0.717) is 26.2 Å². The maximum atomic E-state index is 13.3. The third-order valence-electron chi connectivity index (χ3n) is 2.98. The summed E-state index contributed by atoms with van der Waals surface area (Å²) in [4.78, 5) is 13.1. The molecule has 1 amide bonds. The van der Waals surface area contributed by atoms with Gasteiger partial charge in [-0.2, -0.15) is 8.78 Å². The molecule has 116 valence electrons. The van der Waals surface area contributed by atoms with E-state index in [0.717, 1.165) is 0 Å². The zero-order valence-corrected chi connectivity index (χ0v) is 10.7. The van der Waals surface area contributed by atoms with Gasteiger partial charge in [-0.25, -0.2) is 13.2 Å². The van der Waals surface area contributed by atoms with Crippen LogP contribution in [0.1, 0.15) is 0 Å². The number of benzene rings is 1. The number of halogens is 5. The largest absolute Gasteiger partial charge is 0.477 e. The molecule has 0 atom stereocenters. The second-order valence-corrected chi connectivity index (χ2v) is 4.32. The summed E-state index contributed by atoms with van der Waals surface area (Å²) in [5, 5.41) is 2.99. The molecule has 1 aliphatic rings. The lowest BCUT2D eigenvalue weighted by Gasteiger charge is -2.27. The summed E-state index contributed by atoms with van der Waals surface area (Å²) in [6.45, 7) is 1.04. The van der Waals surface area contributed by atoms with E-state index in [9.17, 15) is 26.7 Å². The summed E-state index contributed by atoms with van der Waals surface area (Å²) in [6.07, 6.45) is 0. The van der Waals surface area contributed by atoms with Crippen LogP contribution < -0.4 is 10.1 Å². The van der Waals surface area contributed by atoms with Crippen LogP contribution in [0, 0.1) is 29.1 Å². The van der Waals surface area contributed by atoms with Crippen molar-refractivity contribution in [3.8, 4) is 5.75 Å². The van der Waals surface area contributed by atoms with Crippen molar-refractivity contribution in [2.45, 2.75) is 0 Å². The molecule has 0 saturated carbocycles. The van der Waals surface area contributed by atoms with Gasteiger partial charge in [-0.05, 0) is 0 Å². The maximum Gasteiger partial charge on any atom is 0.260 e. The first-order valence-corrected chi connectivity index (χ1v) is 6.06. The molecule has 1 fully saturated rings. The van der Waals surface area contributed by atoms with Crippen LogP contribution in [-0.2, 0) is 4.79 Å². The third kappa shape index (κ3) is 3.07. The predicted molar refractivity (Wildman–Crippen MR) is 61.2 cm³/mol. The van der Waals surface area contributed by atoms with Gasteiger partial charge in [0.25, 0.3) is 5.91 Å². The Hall–Kier alpha value is -1.90. The Kier molecular flexibility index (Phi) is 4.61. The van der Waals surface area contributed by atoms with Crippen molar-refractivity contribution >= 4 is 5.91 Å². The summed E-state index contributed by atoms with van der Waals surface area (Å²) in [5.74, 6) is -12.7. The standard InChI is InChI=1S/C12H11F5N2O2/c13-7-8(14)10(16)12(11(17)9(7)15)21-5-6(20)19-3-1-18-2-4-19/h18H,1-5H2. The molecule has 1 aromatic carbocycles. The van der Waals surface area contributed by atoms with Gasteiger partial charge in [-0.3, -0.25) is 4.79 Å². The molecule has 0 radical (unpaired) electrons. The third-order valence-corrected chi connectivity index (χ3v) is 2.98. The Morgan fingerprint density at radius 2 is 1.43 bits per heavy atom. The fourth-order valence-corrected chi connectivity index (χ4v) is 1.85. The van der Waals surface area contributed by atoms with Gasteiger partial charge in [0.1, 0.15) is 0 Å². The lowest BCUT2D eigenvalue weighted by Crippen LogP contribution is -2.48. The molecule has 1 saturated heterocycles. The van der Waals surface area contributed by atoms with E-state index < -0.39 is 47.3 Å². The smallest absolute Gasteiger partial charge is 0.260 e. The molecule has 21 heavy (non-hydrogen) atoms. The fourth-order valence-electron chi connectivity index (χ4n) is 1.85. The van der Waals surface area contributed by atoms with Crippen LogP contribution in [0.4, 0.5) is 22.0 Å². The highest BCUT2D eigenvalue weighted by atomic mass is 19.2. The van der Waals surface area contributed by atoms with E-state index >= 15 is 0 Å². The molecule has 4 nitrogen and oxygen atoms in total. The van der Waals surface area contributed by atoms with E-state index in [4.69, 9.17) is 0 Å². The number of rotatable bonds is 3. The summed E-state index contributed by atoms with van der Waals surface area (Å²) in [6, 6.07) is 0. The van der Waals surface area contributed by atoms with Gasteiger partial charge in [0.2, 0.25) is 29.1 Å². The van der Waals surface area contributed by atoms with Crippen LogP contribution in [-0.4, -0.2) is 43.6 Å². The highest BCUT2D eigenvalue weighted by molar-refractivity contribution is 5.77. The first-order valence-electron chi connectivity index (χ1n) is 6.06. The molecular formula is C12H11F5N2O2. The number of nitrogens with one attached hydrogen (secondary N) is 1. The zero-order valence-electron chi connectivity index (χ0n) is 10.7. The van der Waals surface area contributed by atoms with Crippen LogP contribution >= 0.6 is 0 Å². The Morgan fingerprint density at radius 1 is 0.952 bits per heavy atom. The highest BCUT2D eigenvalue weighted by Gasteiger charge is 2.28. The van der Waals surface area contributed by atoms with Gasteiger partial charge in [-0.15, -0.1) is 0 Å². The van der Waals surface area contributed by atoms with Crippen molar-refractivity contribution < 1.29 is 31.5 Å². The average molecular weight is 310 g/mol. The molecule has 9 heteroatoms. The summed E-state index contributed by atoms with van der Waals surface area (Å²) in [5.41, 5.74) is 0. The van der Waals surface area contributed by atoms with Crippen molar-refractivity contribution in [1.29, 1.82) is 0 Å². The van der Waals surface area contributed by atoms with Gasteiger partial charge < -0.3 is 15.0 Å². The van der Waals surface area contributed by atoms with E-state index in [1.165, 1.54) is 4.90 Å².